The first kappa shape index (κ1) is 117. The maximum absolute atomic E-state index is 14.6. The van der Waals surface area contributed by atoms with Crippen LogP contribution >= 0.6 is 11.3 Å². The van der Waals surface area contributed by atoms with Crippen LogP contribution in [0, 0.1) is 42.4 Å². The number of primary amides is 1. The predicted octanol–water partition coefficient (Wildman–Crippen LogP) is 15.0. The summed E-state index contributed by atoms with van der Waals surface area (Å²) in [4.78, 5) is 183. The number of Topliss-reactive ketones (excluding diaryl/α,β-unsaturated/α-hetero) is 3. The Hall–Kier alpha value is -11.8. The molecule has 2 aromatic heterocycles. The number of hydrazine groups is 1. The highest BCUT2D eigenvalue weighted by Gasteiger charge is 2.45. The van der Waals surface area contributed by atoms with Gasteiger partial charge >= 0.3 is 24.2 Å². The van der Waals surface area contributed by atoms with Crippen molar-refractivity contribution >= 4 is 99.2 Å². The number of esters is 1. The number of carbonyl (C=O) groups is 13. The van der Waals surface area contributed by atoms with E-state index in [1.54, 1.807) is 79.2 Å². The van der Waals surface area contributed by atoms with Crippen LogP contribution in [0.3, 0.4) is 0 Å². The van der Waals surface area contributed by atoms with Crippen LogP contribution < -0.4 is 32.3 Å². The number of nitrogens with one attached hydrogen (secondary N) is 5. The summed E-state index contributed by atoms with van der Waals surface area (Å²) >= 11 is 1.49. The van der Waals surface area contributed by atoms with Crippen molar-refractivity contribution in [1.82, 2.24) is 60.9 Å². The normalized spacial score (nSPS) is 15.2. The zero-order chi connectivity index (χ0) is 106. The first-order valence-corrected chi connectivity index (χ1v) is 51.5. The summed E-state index contributed by atoms with van der Waals surface area (Å²) in [5.74, 6) is -5.10. The Balaban J connectivity index is 0.000000359. The van der Waals surface area contributed by atoms with Crippen molar-refractivity contribution < 1.29 is 95.5 Å². The average Bonchev–Trinajstić information content (AvgIpc) is 1.61. The molecule has 144 heavy (non-hydrogen) atoms. The molecule has 9 rings (SSSR count). The largest absolute Gasteiger partial charge is 0.460 e. The molecule has 33 nitrogen and oxygen atoms in total. The number of benzene rings is 5. The minimum atomic E-state index is -0.947. The van der Waals surface area contributed by atoms with Gasteiger partial charge in [0, 0.05) is 142 Å². The molecule has 12 atom stereocenters. The highest BCUT2D eigenvalue weighted by atomic mass is 32.1. The fourth-order valence-electron chi connectivity index (χ4n) is 18.7. The molecule has 1 saturated heterocycles. The number of fused-ring (bicyclic) bond motifs is 4. The van der Waals surface area contributed by atoms with Gasteiger partial charge in [0.1, 0.15) is 41.7 Å². The standard InChI is InChI=1S/C60H83N7O12.C50H74N6O8S/c1-9-53(69)50(23-16-30-62-58(61)74)64-57(73)48(40(2)3)37-43(68)29-33-77-35-34-76-32-17-25-54(70)51(26-27-56(72)79-60(4,5)6)63-55(71)28-31-67-42(36-41-18-10-15-24-52(41)67)38-65(7)66(8)59(75)78-39-49-46-21-13-11-19-44(46)45-20-12-14-22-47(45)49;1-13-34(7)44(54(9)49(60)42(31(2)3)53-47(59)43(32(4)5)55(10)50(61)64-30-37-23-21-33(6)22-24-37)40(62-11)29-41(57)56-26-17-20-39(56)45(63-12)35(8)46(58)52-38(48-51-25-27-65-48)28-36-18-15-14-16-19-36/h10-15,18-22,24,36,40,48-51H,9,16-17,23,25-35,37-39H2,1-8H3,(H,63,71)(H,64,73)(H3,61,62,74);14-16,18-19,21-25,27,31-32,34-35,38-40,42-45H,13,17,20,26,28-30H2,1-12H3,(H,52,58)(H,53,59)/t48-,50-,51-;34-,35+,38-,39-,40+,42-,43-,44-,45+/m00/s1. The van der Waals surface area contributed by atoms with E-state index in [9.17, 15) is 62.3 Å². The summed E-state index contributed by atoms with van der Waals surface area (Å²) in [7, 11) is 9.82. The Kier molecular flexibility index (Phi) is 47.6. The molecule has 1 fully saturated rings. The quantitative estimate of drug-likeness (QED) is 0.00892. The Morgan fingerprint density at radius 1 is 0.625 bits per heavy atom. The third-order valence-corrected chi connectivity index (χ3v) is 27.8. The second-order valence-corrected chi connectivity index (χ2v) is 40.6. The third kappa shape index (κ3) is 35.3. The van der Waals surface area contributed by atoms with Crippen LogP contribution in [0.5, 0.6) is 0 Å². The monoisotopic (exact) mass is 2010 g/mol. The van der Waals surface area contributed by atoms with Crippen molar-refractivity contribution in [3.63, 3.8) is 0 Å². The van der Waals surface area contributed by atoms with E-state index in [-0.39, 0.29) is 193 Å². The van der Waals surface area contributed by atoms with Gasteiger partial charge in [0.2, 0.25) is 35.4 Å². The zero-order valence-electron chi connectivity index (χ0n) is 88.1. The number of likely N-dealkylation sites (N-methyl/N-ethyl adjacent to an activating group) is 2. The SMILES string of the molecule is CCC(=O)[C@H](CCCNC(N)=O)NC(=O)[C@@H](CC(=O)CCOCCOCCCC(=O)[C@H](CCC(=O)OC(C)(C)C)NC(=O)CCn1c(CN(C)N(C)C(=O)OCC2c3ccccc3-c3ccccc32)cc2ccccc21)C(C)C.CC[C@H](C)[C@@H]([C@@H](CC(=O)N1CCC[C@H]1[C@H](OC)[C@@H](C)C(=O)N[C@@H](Cc1ccccc1)c1nccs1)OC)N(C)C(=O)[C@@H](NC(=O)[C@H](C(C)C)N(C)C(=O)OCc1ccc(C)cc1)C(C)C. The van der Waals surface area contributed by atoms with Crippen molar-refractivity contribution in [1.29, 1.82) is 0 Å². The number of ether oxygens (including phenoxy) is 7. The Morgan fingerprint density at radius 2 is 1.27 bits per heavy atom. The maximum atomic E-state index is 14.6. The van der Waals surface area contributed by atoms with Crippen LogP contribution in [0.2, 0.25) is 0 Å². The van der Waals surface area contributed by atoms with Crippen molar-refractivity contribution in [2.45, 2.75) is 279 Å². The predicted molar refractivity (Wildman–Crippen MR) is 554 cm³/mol. The number of hydrogen-bond donors (Lipinski definition) is 6. The Bertz CT molecular complexity index is 5270. The number of aryl methyl sites for hydroxylation is 2. The van der Waals surface area contributed by atoms with Crippen molar-refractivity contribution in [3.05, 3.63) is 184 Å². The fourth-order valence-corrected chi connectivity index (χ4v) is 19.3. The number of aromatic nitrogens is 2. The summed E-state index contributed by atoms with van der Waals surface area (Å²) in [6.07, 6.45) is 3.48. The molecule has 3 heterocycles. The van der Waals surface area contributed by atoms with Crippen molar-refractivity contribution in [2.24, 2.45) is 41.2 Å². The molecular formula is C110H157N13O20S. The van der Waals surface area contributed by atoms with E-state index in [0.717, 1.165) is 67.0 Å². The van der Waals surface area contributed by atoms with Crippen LogP contribution in [-0.4, -0.2) is 254 Å². The number of carbonyl (C=O) groups excluding carboxylic acids is 13. The number of amides is 10. The summed E-state index contributed by atoms with van der Waals surface area (Å²) in [6, 6.07) is 38.4. The van der Waals surface area contributed by atoms with E-state index in [4.69, 9.17) is 38.9 Å². The highest BCUT2D eigenvalue weighted by Crippen LogP contribution is 2.45. The second kappa shape index (κ2) is 58.4. The minimum absolute atomic E-state index is 0.0105. The third-order valence-electron chi connectivity index (χ3n) is 26.9. The zero-order valence-corrected chi connectivity index (χ0v) is 88.9. The molecule has 0 unspecified atom stereocenters. The van der Waals surface area contributed by atoms with Gasteiger partial charge in [-0.25, -0.2) is 29.4 Å². The lowest BCUT2D eigenvalue weighted by Gasteiger charge is -2.41. The molecule has 0 saturated carbocycles. The van der Waals surface area contributed by atoms with Gasteiger partial charge in [-0.15, -0.1) is 11.3 Å². The molecule has 0 bridgehead atoms. The van der Waals surface area contributed by atoms with E-state index in [2.05, 4.69) is 55.8 Å². The first-order chi connectivity index (χ1) is 68.6. The molecule has 34 heteroatoms. The molecular weight excluding hydrogens is 1860 g/mol. The van der Waals surface area contributed by atoms with Crippen LogP contribution in [0.15, 0.2) is 145 Å². The number of rotatable bonds is 57. The molecule has 10 amide bonds. The average molecular weight is 2010 g/mol. The maximum Gasteiger partial charge on any atom is 0.424 e. The lowest BCUT2D eigenvalue weighted by molar-refractivity contribution is -0.155. The summed E-state index contributed by atoms with van der Waals surface area (Å²) < 4.78 is 42.5. The lowest BCUT2D eigenvalue weighted by atomic mass is 9.88. The Labute approximate surface area is 854 Å². The number of nitrogens with zero attached hydrogens (tertiary/aromatic N) is 7. The molecule has 1 aliphatic heterocycles. The molecule has 7 N–H and O–H groups in total. The van der Waals surface area contributed by atoms with Crippen molar-refractivity contribution in [3.8, 4) is 11.1 Å². The smallest absolute Gasteiger partial charge is 0.424 e. The first-order valence-electron chi connectivity index (χ1n) is 50.7. The number of likely N-dealkylation sites (tertiary alicyclic amines) is 1. The molecule has 0 radical (unpaired) electrons. The number of urea groups is 1. The van der Waals surface area contributed by atoms with E-state index in [1.807, 2.05) is 193 Å². The van der Waals surface area contributed by atoms with Crippen LogP contribution in [0.4, 0.5) is 14.4 Å². The van der Waals surface area contributed by atoms with E-state index in [1.165, 1.54) is 28.3 Å². The number of thiazole rings is 1. The van der Waals surface area contributed by atoms with Crippen LogP contribution in [-0.2, 0) is 107 Å². The van der Waals surface area contributed by atoms with Crippen LogP contribution in [0.25, 0.3) is 22.0 Å². The number of nitrogens with two attached hydrogens (primary N) is 1. The van der Waals surface area contributed by atoms with Crippen LogP contribution in [0.1, 0.15) is 230 Å². The van der Waals surface area contributed by atoms with Gasteiger partial charge in [0.15, 0.2) is 11.6 Å². The number of methoxy groups -OCH3 is 2. The second-order valence-electron chi connectivity index (χ2n) is 39.7. The summed E-state index contributed by atoms with van der Waals surface area (Å²) in [6.45, 7) is 28.3. The lowest BCUT2D eigenvalue weighted by Crippen LogP contribution is -2.60. The van der Waals surface area contributed by atoms with E-state index in [0.29, 0.717) is 51.6 Å². The van der Waals surface area contributed by atoms with Gasteiger partial charge in [-0.3, -0.25) is 52.8 Å². The topological polar surface area (TPSA) is 407 Å². The fraction of sp³-hybridized carbons (Fsp3) is 0.564. The number of hydrogen-bond acceptors (Lipinski definition) is 23. The van der Waals surface area contributed by atoms with Gasteiger partial charge in [-0.1, -0.05) is 203 Å². The highest BCUT2D eigenvalue weighted by molar-refractivity contribution is 7.09. The Morgan fingerprint density at radius 3 is 1.88 bits per heavy atom. The van der Waals surface area contributed by atoms with E-state index >= 15 is 0 Å². The molecule has 2 aliphatic rings. The molecule has 7 aromatic rings. The van der Waals surface area contributed by atoms with Gasteiger partial charge in [-0.05, 0) is 147 Å². The minimum Gasteiger partial charge on any atom is -0.460 e. The molecule has 5 aromatic carbocycles. The van der Waals surface area contributed by atoms with Gasteiger partial charge < -0.3 is 79.8 Å². The molecule has 0 spiro atoms. The van der Waals surface area contributed by atoms with Crippen molar-refractivity contribution in [2.75, 3.05) is 88.5 Å². The number of ketones is 3. The summed E-state index contributed by atoms with van der Waals surface area (Å²) in [5, 5.41) is 21.3. The van der Waals surface area contributed by atoms with Gasteiger partial charge in [0.05, 0.1) is 81.1 Å². The summed E-state index contributed by atoms with van der Waals surface area (Å²) in [5.41, 5.74) is 13.7. The molecule has 788 valence electrons. The van der Waals surface area contributed by atoms with E-state index < -0.39 is 89.9 Å². The van der Waals surface area contributed by atoms with Gasteiger partial charge in [-0.2, -0.15) is 0 Å². The molecule has 1 aliphatic carbocycles. The number of para-hydroxylation sites is 1. The van der Waals surface area contributed by atoms with Gasteiger partial charge in [0.25, 0.3) is 0 Å².